The van der Waals surface area contributed by atoms with Crippen molar-refractivity contribution in [3.63, 3.8) is 0 Å². The second-order valence-electron chi connectivity index (χ2n) is 5.41. The highest BCUT2D eigenvalue weighted by Gasteiger charge is 2.14. The summed E-state index contributed by atoms with van der Waals surface area (Å²) >= 11 is 0. The van der Waals surface area contributed by atoms with Crippen molar-refractivity contribution >= 4 is 11.7 Å². The van der Waals surface area contributed by atoms with Gasteiger partial charge in [-0.2, -0.15) is 0 Å². The average Bonchev–Trinajstić information content (AvgIpc) is 2.18. The van der Waals surface area contributed by atoms with Crippen molar-refractivity contribution in [3.8, 4) is 0 Å². The molecule has 0 amide bonds. The lowest BCUT2D eigenvalue weighted by Crippen LogP contribution is -2.12. The molecule has 94 valence electrons. The van der Waals surface area contributed by atoms with Crippen LogP contribution >= 0.6 is 0 Å². The van der Waals surface area contributed by atoms with Gasteiger partial charge in [0.15, 0.2) is 0 Å². The van der Waals surface area contributed by atoms with Crippen LogP contribution in [0.15, 0.2) is 18.2 Å². The topological polar surface area (TPSA) is 63.3 Å². The monoisotopic (exact) mass is 235 g/mol. The summed E-state index contributed by atoms with van der Waals surface area (Å²) < 4.78 is 0. The highest BCUT2D eigenvalue weighted by molar-refractivity contribution is 5.66. The molecule has 0 aromatic heterocycles. The fourth-order valence-electron chi connectivity index (χ4n) is 1.72. The third kappa shape index (κ3) is 4.10. The molecule has 17 heavy (non-hydrogen) atoms. The van der Waals surface area contributed by atoms with Crippen LogP contribution in [0, 0.1) is 0 Å². The molecule has 0 spiro atoms. The van der Waals surface area contributed by atoms with Crippen molar-refractivity contribution in [3.05, 3.63) is 29.3 Å². The number of rotatable bonds is 4. The van der Waals surface area contributed by atoms with E-state index in [0.29, 0.717) is 6.42 Å². The Kier molecular flexibility index (Phi) is 4.16. The summed E-state index contributed by atoms with van der Waals surface area (Å²) in [6.07, 6.45) is 1.55. The van der Waals surface area contributed by atoms with Gasteiger partial charge < -0.3 is 10.8 Å². The summed E-state index contributed by atoms with van der Waals surface area (Å²) in [5.74, 6) is -0.755. The molecule has 1 aromatic carbocycles. The van der Waals surface area contributed by atoms with E-state index in [1.807, 2.05) is 12.1 Å². The Labute approximate surface area is 103 Å². The number of nitrogen functional groups attached to an aromatic ring is 1. The van der Waals surface area contributed by atoms with Gasteiger partial charge in [0, 0.05) is 12.1 Å². The fourth-order valence-corrected chi connectivity index (χ4v) is 1.72. The molecule has 0 unspecified atom stereocenters. The molecule has 0 heterocycles. The van der Waals surface area contributed by atoms with Gasteiger partial charge in [-0.1, -0.05) is 32.9 Å². The Hall–Kier alpha value is -1.51. The first-order valence-corrected chi connectivity index (χ1v) is 5.91. The Morgan fingerprint density at radius 1 is 1.35 bits per heavy atom. The van der Waals surface area contributed by atoms with Gasteiger partial charge in [0.25, 0.3) is 0 Å². The Bertz CT molecular complexity index is 405. The first-order valence-electron chi connectivity index (χ1n) is 5.91. The van der Waals surface area contributed by atoms with Crippen LogP contribution in [0.5, 0.6) is 0 Å². The molecule has 3 N–H and O–H groups in total. The molecule has 0 aliphatic rings. The Balaban J connectivity index is 2.73. The van der Waals surface area contributed by atoms with Gasteiger partial charge in [-0.25, -0.2) is 0 Å². The van der Waals surface area contributed by atoms with E-state index in [1.54, 1.807) is 0 Å². The van der Waals surface area contributed by atoms with E-state index in [-0.39, 0.29) is 11.8 Å². The number of carboxylic acids is 1. The maximum atomic E-state index is 10.4. The number of benzene rings is 1. The number of carboxylic acid groups (broad SMARTS) is 1. The lowest BCUT2D eigenvalue weighted by molar-refractivity contribution is -0.137. The predicted molar refractivity (Wildman–Crippen MR) is 70.1 cm³/mol. The fraction of sp³-hybridized carbons (Fsp3) is 0.500. The second kappa shape index (κ2) is 5.21. The quantitative estimate of drug-likeness (QED) is 0.789. The van der Waals surface area contributed by atoms with Gasteiger partial charge >= 0.3 is 5.97 Å². The van der Waals surface area contributed by atoms with Gasteiger partial charge in [-0.05, 0) is 35.4 Å². The number of hydrogen-bond acceptors (Lipinski definition) is 2. The van der Waals surface area contributed by atoms with Crippen molar-refractivity contribution in [1.82, 2.24) is 0 Å². The summed E-state index contributed by atoms with van der Waals surface area (Å²) in [4.78, 5) is 10.4. The van der Waals surface area contributed by atoms with E-state index >= 15 is 0 Å². The molecule has 0 radical (unpaired) electrons. The van der Waals surface area contributed by atoms with E-state index in [4.69, 9.17) is 10.8 Å². The molecule has 0 aliphatic heterocycles. The van der Waals surface area contributed by atoms with Crippen molar-refractivity contribution in [2.45, 2.75) is 45.4 Å². The molecular weight excluding hydrogens is 214 g/mol. The number of carbonyl (C=O) groups is 1. The highest BCUT2D eigenvalue weighted by atomic mass is 16.4. The molecular formula is C14H21NO2. The first kappa shape index (κ1) is 13.6. The van der Waals surface area contributed by atoms with Gasteiger partial charge in [-0.15, -0.1) is 0 Å². The molecule has 1 aromatic rings. The normalized spacial score (nSPS) is 11.5. The minimum absolute atomic E-state index is 0.0910. The summed E-state index contributed by atoms with van der Waals surface area (Å²) in [5.41, 5.74) is 9.09. The molecule has 0 fully saturated rings. The maximum absolute atomic E-state index is 10.4. The van der Waals surface area contributed by atoms with Gasteiger partial charge in [-0.3, -0.25) is 4.79 Å². The van der Waals surface area contributed by atoms with Crippen LogP contribution in [0.2, 0.25) is 0 Å². The van der Waals surface area contributed by atoms with Gasteiger partial charge in [0.1, 0.15) is 0 Å². The van der Waals surface area contributed by atoms with Gasteiger partial charge in [0.05, 0.1) is 0 Å². The molecule has 0 bridgehead atoms. The number of hydrogen-bond donors (Lipinski definition) is 2. The van der Waals surface area contributed by atoms with Crippen LogP contribution in [0.25, 0.3) is 0 Å². The predicted octanol–water partition coefficient (Wildman–Crippen LogP) is 2.97. The van der Waals surface area contributed by atoms with E-state index in [9.17, 15) is 4.79 Å². The zero-order valence-corrected chi connectivity index (χ0v) is 10.8. The lowest BCUT2D eigenvalue weighted by Gasteiger charge is -2.20. The molecule has 0 atom stereocenters. The number of aryl methyl sites for hydroxylation is 1. The minimum atomic E-state index is -0.755. The smallest absolute Gasteiger partial charge is 0.303 e. The van der Waals surface area contributed by atoms with Crippen LogP contribution in [-0.4, -0.2) is 11.1 Å². The Morgan fingerprint density at radius 3 is 2.47 bits per heavy atom. The average molecular weight is 235 g/mol. The highest BCUT2D eigenvalue weighted by Crippen LogP contribution is 2.26. The van der Waals surface area contributed by atoms with E-state index in [1.165, 1.54) is 5.56 Å². The third-order valence-electron chi connectivity index (χ3n) is 2.85. The van der Waals surface area contributed by atoms with Crippen molar-refractivity contribution in [1.29, 1.82) is 0 Å². The summed E-state index contributed by atoms with van der Waals surface area (Å²) in [7, 11) is 0. The maximum Gasteiger partial charge on any atom is 0.303 e. The first-order chi connectivity index (χ1) is 7.80. The van der Waals surface area contributed by atoms with Gasteiger partial charge in [0.2, 0.25) is 0 Å². The second-order valence-corrected chi connectivity index (χ2v) is 5.41. The van der Waals surface area contributed by atoms with Crippen LogP contribution in [-0.2, 0) is 16.6 Å². The lowest BCUT2D eigenvalue weighted by atomic mass is 9.86. The largest absolute Gasteiger partial charge is 0.481 e. The summed E-state index contributed by atoms with van der Waals surface area (Å²) in [5, 5.41) is 8.58. The third-order valence-corrected chi connectivity index (χ3v) is 2.85. The van der Waals surface area contributed by atoms with Crippen LogP contribution in [0.3, 0.4) is 0 Å². The van der Waals surface area contributed by atoms with Crippen LogP contribution in [0.1, 0.15) is 44.7 Å². The molecule has 1 rings (SSSR count). The standard InChI is InChI=1S/C14H21NO2/c1-14(2,3)11-8-7-10(12(15)9-11)5-4-6-13(16)17/h7-9H,4-6,15H2,1-3H3,(H,16,17). The number of nitrogens with two attached hydrogens (primary N) is 1. The molecule has 0 saturated carbocycles. The van der Waals surface area contributed by atoms with Crippen molar-refractivity contribution in [2.75, 3.05) is 5.73 Å². The summed E-state index contributed by atoms with van der Waals surface area (Å²) in [6, 6.07) is 6.08. The minimum Gasteiger partial charge on any atom is -0.481 e. The van der Waals surface area contributed by atoms with E-state index in [2.05, 4.69) is 26.8 Å². The zero-order valence-electron chi connectivity index (χ0n) is 10.8. The van der Waals surface area contributed by atoms with Crippen molar-refractivity contribution in [2.24, 2.45) is 0 Å². The number of aliphatic carboxylic acids is 1. The zero-order chi connectivity index (χ0) is 13.1. The van der Waals surface area contributed by atoms with Crippen LogP contribution < -0.4 is 5.73 Å². The molecule has 0 saturated heterocycles. The number of anilines is 1. The van der Waals surface area contributed by atoms with Crippen LogP contribution in [0.4, 0.5) is 5.69 Å². The van der Waals surface area contributed by atoms with E-state index < -0.39 is 5.97 Å². The van der Waals surface area contributed by atoms with Crippen molar-refractivity contribution < 1.29 is 9.90 Å². The van der Waals surface area contributed by atoms with E-state index in [0.717, 1.165) is 17.7 Å². The molecule has 3 heteroatoms. The molecule has 3 nitrogen and oxygen atoms in total. The Morgan fingerprint density at radius 2 is 2.00 bits per heavy atom. The summed E-state index contributed by atoms with van der Waals surface area (Å²) in [6.45, 7) is 6.43. The molecule has 0 aliphatic carbocycles. The SMILES string of the molecule is CC(C)(C)c1ccc(CCCC(=O)O)c(N)c1.